The Labute approximate surface area is 107 Å². The summed E-state index contributed by atoms with van der Waals surface area (Å²) in [4.78, 5) is 0. The van der Waals surface area contributed by atoms with Gasteiger partial charge in [-0.15, -0.1) is 5.19 Å². The van der Waals surface area contributed by atoms with Crippen molar-refractivity contribution in [1.82, 2.24) is 0 Å². The third kappa shape index (κ3) is 18.1. The molecule has 0 aromatic heterocycles. The molecule has 0 aliphatic carbocycles. The van der Waals surface area contributed by atoms with Crippen LogP contribution >= 0.6 is 0 Å². The predicted octanol–water partition coefficient (Wildman–Crippen LogP) is 2.09. The Bertz CT molecular complexity index is 139. The Hall–Kier alpha value is 0.247. The van der Waals surface area contributed by atoms with E-state index in [1.165, 1.54) is 21.1 Å². The summed E-state index contributed by atoms with van der Waals surface area (Å²) in [6, 6.07) is 7.38. The van der Waals surface area contributed by atoms with Crippen LogP contribution in [0.5, 0.6) is 0 Å². The van der Waals surface area contributed by atoms with Crippen LogP contribution in [0, 0.1) is 0 Å². The topological polar surface area (TPSA) is 71.4 Å². The summed E-state index contributed by atoms with van der Waals surface area (Å²) in [5.41, 5.74) is 17.2. The molecule has 0 amide bonds. The number of hydrogen-bond acceptors (Lipinski definition) is 0. The first kappa shape index (κ1) is 23.8. The molecule has 0 saturated carbocycles. The smallest absolute Gasteiger partial charge is 0.680 e. The molecule has 0 aliphatic rings. The van der Waals surface area contributed by atoms with E-state index in [1.807, 2.05) is 24.3 Å². The molecule has 1 aromatic carbocycles. The van der Waals surface area contributed by atoms with E-state index in [-0.39, 0.29) is 25.8 Å². The summed E-state index contributed by atoms with van der Waals surface area (Å²) >= 11 is 0. The second kappa shape index (κ2) is 29.2. The van der Waals surface area contributed by atoms with E-state index in [1.54, 1.807) is 0 Å². The van der Waals surface area contributed by atoms with Gasteiger partial charge in [0.2, 0.25) is 0 Å². The molecule has 0 unspecified atom stereocenters. The van der Waals surface area contributed by atoms with Gasteiger partial charge in [-0.1, -0.05) is 0 Å². The zero-order valence-electron chi connectivity index (χ0n) is 8.89. The zero-order chi connectivity index (χ0) is 11.1. The van der Waals surface area contributed by atoms with E-state index in [9.17, 15) is 4.11 Å². The van der Waals surface area contributed by atoms with E-state index in [0.29, 0.717) is 0 Å². The van der Waals surface area contributed by atoms with Gasteiger partial charge in [-0.2, -0.15) is 33.3 Å². The maximum Gasteiger partial charge on any atom is 4.00 e. The molecule has 0 saturated heterocycles. The summed E-state index contributed by atoms with van der Waals surface area (Å²) < 4.78 is 11.7. The quantitative estimate of drug-likeness (QED) is 0.406. The molecule has 14 heavy (non-hydrogen) atoms. The normalized spacial score (nSPS) is 6.79. The first-order valence-electron chi connectivity index (χ1n) is 3.70. The van der Waals surface area contributed by atoms with Crippen molar-refractivity contribution in [3.8, 4) is 0 Å². The summed E-state index contributed by atoms with van der Waals surface area (Å²) in [5, 5.41) is 0.903. The fourth-order valence-corrected chi connectivity index (χ4v) is 0.953. The Morgan fingerprint density at radius 1 is 0.929 bits per heavy atom. The molecule has 1 aromatic rings. The van der Waals surface area contributed by atoms with E-state index < -0.39 is 9.85 Å². The Morgan fingerprint density at radius 2 is 1.21 bits per heavy atom. The number of halogens is 1. The molecule has 0 radical (unpaired) electrons. The SMILES string of the molecule is C[NH-].C[NH-].C[NH-].F[SiH2][c-]1cccc1.[Hf+4]. The number of rotatable bonds is 1. The van der Waals surface area contributed by atoms with Crippen molar-refractivity contribution in [2.75, 3.05) is 21.1 Å². The molecule has 6 heteroatoms. The van der Waals surface area contributed by atoms with Crippen molar-refractivity contribution < 1.29 is 30.0 Å². The molecule has 0 aliphatic heterocycles. The van der Waals surface area contributed by atoms with Gasteiger partial charge in [-0.3, -0.25) is 0 Å². The standard InChI is InChI=1S/C5H6FSi.3CH4N.Hf/c6-7-5-3-1-2-4-5;3*1-2;/h1-4H,7H2;3*2H,1H3;/q4*-1;+4. The monoisotopic (exact) mass is 383 g/mol. The first-order valence-corrected chi connectivity index (χ1v) is 4.94. The van der Waals surface area contributed by atoms with E-state index in [2.05, 4.69) is 0 Å². The maximum atomic E-state index is 11.7. The zero-order valence-corrected chi connectivity index (χ0v) is 13.9. The second-order valence-corrected chi connectivity index (χ2v) is 2.51. The summed E-state index contributed by atoms with van der Waals surface area (Å²) in [6.45, 7) is 0. The van der Waals surface area contributed by atoms with Crippen LogP contribution in [0.2, 0.25) is 0 Å². The van der Waals surface area contributed by atoms with Crippen LogP contribution in [0.15, 0.2) is 24.3 Å². The molecular formula is C8H18FHfN3Si. The summed E-state index contributed by atoms with van der Waals surface area (Å²) in [5.74, 6) is 0. The third-order valence-electron chi connectivity index (χ3n) is 0.886. The van der Waals surface area contributed by atoms with Crippen LogP contribution in [0.3, 0.4) is 0 Å². The summed E-state index contributed by atoms with van der Waals surface area (Å²) in [7, 11) is 2.38. The summed E-state index contributed by atoms with van der Waals surface area (Å²) in [6.07, 6.45) is 0. The molecule has 0 heterocycles. The van der Waals surface area contributed by atoms with Crippen LogP contribution in [-0.2, 0) is 25.8 Å². The average molecular weight is 382 g/mol. The van der Waals surface area contributed by atoms with Gasteiger partial charge in [-0.25, -0.2) is 12.1 Å². The molecular weight excluding hydrogens is 364 g/mol. The molecule has 0 spiro atoms. The van der Waals surface area contributed by atoms with Crippen LogP contribution in [0.25, 0.3) is 17.2 Å². The van der Waals surface area contributed by atoms with Crippen molar-refractivity contribution in [3.05, 3.63) is 41.5 Å². The molecule has 0 fully saturated rings. The van der Waals surface area contributed by atoms with Crippen molar-refractivity contribution >= 4 is 15.0 Å². The van der Waals surface area contributed by atoms with Crippen molar-refractivity contribution in [2.45, 2.75) is 0 Å². The van der Waals surface area contributed by atoms with Crippen LogP contribution in [0.1, 0.15) is 0 Å². The maximum absolute atomic E-state index is 11.7. The number of nitrogens with one attached hydrogen (secondary N) is 3. The fraction of sp³-hybridized carbons (Fsp3) is 0.375. The first-order chi connectivity index (χ1) is 6.43. The minimum Gasteiger partial charge on any atom is -0.680 e. The molecule has 1 rings (SSSR count). The van der Waals surface area contributed by atoms with Crippen LogP contribution in [0.4, 0.5) is 4.11 Å². The Morgan fingerprint density at radius 3 is 1.36 bits per heavy atom. The van der Waals surface area contributed by atoms with E-state index >= 15 is 0 Å². The van der Waals surface area contributed by atoms with E-state index in [0.717, 1.165) is 5.19 Å². The predicted molar refractivity (Wildman–Crippen MR) is 62.1 cm³/mol. The Balaban J connectivity index is -0.0000000625. The van der Waals surface area contributed by atoms with Gasteiger partial charge < -0.3 is 21.3 Å². The van der Waals surface area contributed by atoms with Crippen LogP contribution in [-0.4, -0.2) is 31.0 Å². The van der Waals surface area contributed by atoms with Gasteiger partial charge in [0.25, 0.3) is 0 Å². The largest absolute Gasteiger partial charge is 4.00 e. The minimum absolute atomic E-state index is 0. The van der Waals surface area contributed by atoms with Gasteiger partial charge >= 0.3 is 25.8 Å². The molecule has 80 valence electrons. The van der Waals surface area contributed by atoms with Gasteiger partial charge in [0.15, 0.2) is 9.85 Å². The van der Waals surface area contributed by atoms with Gasteiger partial charge in [0.05, 0.1) is 0 Å². The molecule has 3 nitrogen and oxygen atoms in total. The Kier molecular flexibility index (Phi) is 49.7. The molecule has 0 bridgehead atoms. The molecule has 3 N–H and O–H groups in total. The minimum atomic E-state index is -1.37. The second-order valence-electron chi connectivity index (χ2n) is 1.43. The third-order valence-corrected chi connectivity index (χ3v) is 1.67. The van der Waals surface area contributed by atoms with Crippen molar-refractivity contribution in [2.24, 2.45) is 0 Å². The average Bonchev–Trinajstić information content (AvgIpc) is 2.79. The van der Waals surface area contributed by atoms with Crippen molar-refractivity contribution in [3.63, 3.8) is 0 Å². The van der Waals surface area contributed by atoms with E-state index in [4.69, 9.17) is 17.2 Å². The van der Waals surface area contributed by atoms with Crippen molar-refractivity contribution in [1.29, 1.82) is 0 Å². The number of hydrogen-bond donors (Lipinski definition) is 0. The van der Waals surface area contributed by atoms with Gasteiger partial charge in [-0.05, 0) is 0 Å². The van der Waals surface area contributed by atoms with Gasteiger partial charge in [0, 0.05) is 0 Å². The fourth-order valence-electron chi connectivity index (χ4n) is 0.503. The van der Waals surface area contributed by atoms with Crippen LogP contribution < -0.4 is 5.19 Å². The van der Waals surface area contributed by atoms with Gasteiger partial charge in [0.1, 0.15) is 0 Å². The molecule has 0 atom stereocenters.